The predicted octanol–water partition coefficient (Wildman–Crippen LogP) is 26.6. The van der Waals surface area contributed by atoms with Gasteiger partial charge in [0.15, 0.2) is 33.9 Å². The zero-order valence-electron chi connectivity index (χ0n) is 78.5. The van der Waals surface area contributed by atoms with Gasteiger partial charge in [-0.1, -0.05) is 229 Å². The number of para-hydroxylation sites is 4. The number of methoxy groups -OCH3 is 1. The maximum Gasteiger partial charge on any atom is 0.160 e. The van der Waals surface area contributed by atoms with Gasteiger partial charge in [0.1, 0.15) is 74.8 Å². The molecule has 6 N–H and O–H groups in total. The van der Waals surface area contributed by atoms with Gasteiger partial charge in [-0.25, -0.2) is 29.9 Å². The smallest absolute Gasteiger partial charge is 0.160 e. The van der Waals surface area contributed by atoms with Crippen molar-refractivity contribution in [3.8, 4) is 73.3 Å². The van der Waals surface area contributed by atoms with Gasteiger partial charge in [-0.15, -0.1) is 0 Å². The van der Waals surface area contributed by atoms with E-state index in [2.05, 4.69) is 145 Å². The summed E-state index contributed by atoms with van der Waals surface area (Å²) in [5.74, 6) is 6.34. The second-order valence-electron chi connectivity index (χ2n) is 33.2. The Hall–Kier alpha value is -18.7. The topological polar surface area (TPSA) is 275 Å². The van der Waals surface area contributed by atoms with Crippen molar-refractivity contribution in [1.29, 1.82) is 0 Å². The first-order valence-corrected chi connectivity index (χ1v) is 47.3. The van der Waals surface area contributed by atoms with Crippen molar-refractivity contribution in [2.75, 3.05) is 70.2 Å². The van der Waals surface area contributed by atoms with Crippen LogP contribution in [0.15, 0.2) is 439 Å². The minimum atomic E-state index is 0.687. The first-order valence-electron chi connectivity index (χ1n) is 46.6. The summed E-state index contributed by atoms with van der Waals surface area (Å²) < 4.78 is 22.8. The first kappa shape index (κ1) is 93.0. The fourth-order valence-electron chi connectivity index (χ4n) is 16.6. The van der Waals surface area contributed by atoms with Gasteiger partial charge in [0, 0.05) is 171 Å². The van der Waals surface area contributed by atoms with Gasteiger partial charge < -0.3 is 46.3 Å². The molecule has 0 radical (unpaired) electrons. The van der Waals surface area contributed by atoms with E-state index in [0.29, 0.717) is 10.0 Å². The number of aryl methyl sites for hydroxylation is 2. The summed E-state index contributed by atoms with van der Waals surface area (Å²) >= 11 is 12.1. The van der Waals surface area contributed by atoms with Crippen LogP contribution in [0.4, 0.5) is 74.7 Å². The number of rotatable bonds is 20. The molecule has 12 aromatic carbocycles. The number of imidazole rings is 6. The Balaban J connectivity index is 0.000000106. The summed E-state index contributed by atoms with van der Waals surface area (Å²) in [4.78, 5) is 56.1. The van der Waals surface area contributed by atoms with Gasteiger partial charge in [-0.3, -0.25) is 56.3 Å². The summed E-state index contributed by atoms with van der Waals surface area (Å²) in [6.07, 6.45) is 30.9. The number of nitrogens with zero attached hydrogens (tertiary/aromatic N) is 19. The van der Waals surface area contributed by atoms with Crippen LogP contribution < -0.4 is 41.5 Å². The number of morpholine rings is 1. The van der Waals surface area contributed by atoms with Crippen molar-refractivity contribution in [1.82, 2.24) is 86.2 Å². The van der Waals surface area contributed by atoms with E-state index < -0.39 is 0 Å². The van der Waals surface area contributed by atoms with E-state index in [9.17, 15) is 0 Å². The fraction of sp³-hybridized carbons (Fsp3) is 0.0609. The maximum atomic E-state index is 6.09. The number of halogens is 2. The molecule has 25 rings (SSSR count). The monoisotopic (exact) mass is 1930 g/mol. The highest BCUT2D eigenvalue weighted by molar-refractivity contribution is 6.31. The highest BCUT2D eigenvalue weighted by Gasteiger charge is 2.23. The number of benzene rings is 12. The third-order valence-electron chi connectivity index (χ3n) is 23.5. The Labute approximate surface area is 839 Å². The lowest BCUT2D eigenvalue weighted by Gasteiger charge is -2.28. The average molecular weight is 1930 g/mol. The van der Waals surface area contributed by atoms with E-state index in [1.54, 1.807) is 75.3 Å². The van der Waals surface area contributed by atoms with E-state index in [1.807, 2.05) is 333 Å². The second-order valence-corrected chi connectivity index (χ2v) is 34.0. The zero-order chi connectivity index (χ0) is 97.7. The molecule has 0 unspecified atom stereocenters. The maximum absolute atomic E-state index is 6.09. The molecule has 12 aromatic heterocycles. The van der Waals surface area contributed by atoms with Crippen LogP contribution >= 0.6 is 23.2 Å². The number of nitrogens with one attached hydrogen (secondary N) is 6. The van der Waals surface area contributed by atoms with Crippen LogP contribution in [0.3, 0.4) is 0 Å². The average Bonchev–Trinajstić information content (AvgIpc) is 1.65. The molecule has 29 heteroatoms. The van der Waals surface area contributed by atoms with Crippen molar-refractivity contribution in [2.45, 2.75) is 13.8 Å². The zero-order valence-corrected chi connectivity index (χ0v) is 80.0. The lowest BCUT2D eigenvalue weighted by Crippen LogP contribution is -2.36. The van der Waals surface area contributed by atoms with Crippen LogP contribution in [-0.2, 0) is 4.74 Å². The number of aromatic nitrogens is 18. The molecule has 27 nitrogen and oxygen atoms in total. The second kappa shape index (κ2) is 44.4. The summed E-state index contributed by atoms with van der Waals surface area (Å²) in [6.45, 7) is 7.49. The van der Waals surface area contributed by atoms with Gasteiger partial charge >= 0.3 is 0 Å². The fourth-order valence-corrected chi connectivity index (χ4v) is 16.9. The first-order chi connectivity index (χ1) is 71.0. The van der Waals surface area contributed by atoms with Crippen LogP contribution in [-0.4, -0.2) is 120 Å². The molecule has 0 aliphatic carbocycles. The minimum Gasteiger partial charge on any atom is -0.497 e. The molecule has 1 fully saturated rings. The SMILES string of the molecule is COc1ccc(-c2nc3cnccn3c2Nc2ccccc2)cc1.Cc1cccc(Nc2c(-c3ccccc3)nc3cnccn23)c1.Cc1nccn2c(Nc3ccccc3)c(-c3ccccc3)nc12.Clc1ccc(-c2nc3cnccn3c2Nc2ccccc2)cc1.Clc1cccc(Nc2c(-c3ccccc3)nc3cnccn23)c1.c1ccc(Nc2c(-c3ccc(N4CCOCC4)cc3)nc3cnccn23)cc1. The number of fused-ring (bicyclic) bond motifs is 6. The molecule has 1 aliphatic heterocycles. The molecule has 0 atom stereocenters. The lowest BCUT2D eigenvalue weighted by atomic mass is 10.1. The lowest BCUT2D eigenvalue weighted by molar-refractivity contribution is 0.122. The molecule has 0 bridgehead atoms. The van der Waals surface area contributed by atoms with Crippen molar-refractivity contribution < 1.29 is 9.47 Å². The van der Waals surface area contributed by atoms with Gasteiger partial charge in [0.05, 0.1) is 57.0 Å². The molecule has 1 saturated heterocycles. The van der Waals surface area contributed by atoms with E-state index >= 15 is 0 Å². The van der Waals surface area contributed by atoms with Crippen LogP contribution in [0.25, 0.3) is 101 Å². The highest BCUT2D eigenvalue weighted by atomic mass is 35.5. The number of ether oxygens (including phenoxy) is 2. The summed E-state index contributed by atoms with van der Waals surface area (Å²) in [6, 6.07) is 111. The van der Waals surface area contributed by atoms with Crippen molar-refractivity contribution in [2.24, 2.45) is 0 Å². The molecule has 144 heavy (non-hydrogen) atoms. The highest BCUT2D eigenvalue weighted by Crippen LogP contribution is 2.40. The Morgan fingerprint density at radius 2 is 0.569 bits per heavy atom. The third-order valence-corrected chi connectivity index (χ3v) is 24.0. The quantitative estimate of drug-likeness (QED) is 0.0414. The molecular formula is C115H95Cl2N25O2. The summed E-state index contributed by atoms with van der Waals surface area (Å²) in [5, 5.41) is 22.2. The summed E-state index contributed by atoms with van der Waals surface area (Å²) in [7, 11) is 1.66. The van der Waals surface area contributed by atoms with Crippen LogP contribution in [0.2, 0.25) is 10.0 Å². The van der Waals surface area contributed by atoms with Crippen molar-refractivity contribution >= 4 is 132 Å². The van der Waals surface area contributed by atoms with Gasteiger partial charge in [-0.05, 0) is 147 Å². The van der Waals surface area contributed by atoms with E-state index in [4.69, 9.17) is 62.6 Å². The molecular weight excluding hydrogens is 1830 g/mol. The van der Waals surface area contributed by atoms with E-state index in [0.717, 1.165) is 208 Å². The van der Waals surface area contributed by atoms with E-state index in [1.165, 1.54) is 11.3 Å². The van der Waals surface area contributed by atoms with Crippen molar-refractivity contribution in [3.63, 3.8) is 0 Å². The van der Waals surface area contributed by atoms with Crippen molar-refractivity contribution in [3.05, 3.63) is 460 Å². The Kier molecular flexibility index (Phi) is 28.7. The number of anilines is 13. The summed E-state index contributed by atoms with van der Waals surface area (Å²) in [5.41, 5.74) is 25.8. The van der Waals surface area contributed by atoms with Gasteiger partial charge in [0.2, 0.25) is 0 Å². The standard InChI is InChI=1S/C22H21N5O.C19H16N4O.2C19H16N4.2C18H13ClN4/c1-2-4-18(5-3-1)24-22-21(25-20-16-23-10-11-27(20)22)17-6-8-19(9-7-17)26-12-14-28-15-13-26;1-24-16-9-7-14(8-10-16)18-19(21-15-5-3-2-4-6-15)23-12-11-20-13-17(23)22-18;1-14-18-22-17(15-8-4-2-5-9-15)19(23(18)13-12-20-14)21-16-10-6-3-7-11-16;1-14-6-5-9-16(12-14)21-19-18(15-7-3-2-4-8-15)22-17-13-20-10-11-23(17)19;19-14-7-4-8-15(11-14)21-18-17(13-5-2-1-3-6-13)22-16-12-20-9-10-23(16)18;19-14-8-6-13(7-9-14)17-18(21-15-4-2-1-3-5-15)23-11-10-20-12-16(23)22-17/h1-11,16,24H,12-15H2;2-13,21H,1H3;2*2-13,21H,1H3;2*1-12,21H. The van der Waals surface area contributed by atoms with E-state index in [-0.39, 0.29) is 0 Å². The predicted molar refractivity (Wildman–Crippen MR) is 578 cm³/mol. The molecule has 13 heterocycles. The van der Waals surface area contributed by atoms with Gasteiger partial charge in [0.25, 0.3) is 0 Å². The Bertz CT molecular complexity index is 8230. The van der Waals surface area contributed by atoms with Crippen LogP contribution in [0.5, 0.6) is 5.75 Å². The number of hydrogen-bond donors (Lipinski definition) is 6. The minimum absolute atomic E-state index is 0.687. The number of hydrogen-bond acceptors (Lipinski definition) is 21. The van der Waals surface area contributed by atoms with Crippen LogP contribution in [0, 0.1) is 13.8 Å². The molecule has 0 spiro atoms. The molecule has 0 amide bonds. The molecule has 24 aromatic rings. The molecule has 0 saturated carbocycles. The van der Waals surface area contributed by atoms with Gasteiger partial charge in [-0.2, -0.15) is 0 Å². The third kappa shape index (κ3) is 21.9. The normalized spacial score (nSPS) is 11.5. The molecule has 1 aliphatic rings. The largest absolute Gasteiger partial charge is 0.497 e. The van der Waals surface area contributed by atoms with Crippen LogP contribution in [0.1, 0.15) is 11.3 Å². The molecule has 706 valence electrons. The Morgan fingerprint density at radius 1 is 0.278 bits per heavy atom. The Morgan fingerprint density at radius 3 is 0.917 bits per heavy atom.